The van der Waals surface area contributed by atoms with Crippen molar-refractivity contribution in [3.05, 3.63) is 46.4 Å². The smallest absolute Gasteiger partial charge is 0.141 e. The average molecular weight is 345 g/mol. The fourth-order valence-corrected chi connectivity index (χ4v) is 3.79. The third kappa shape index (κ3) is 4.08. The lowest BCUT2D eigenvalue weighted by atomic mass is 10.0. The van der Waals surface area contributed by atoms with E-state index in [0.29, 0.717) is 12.5 Å². The average Bonchev–Trinajstić information content (AvgIpc) is 3.00. The minimum absolute atomic E-state index is 0.589. The van der Waals surface area contributed by atoms with Crippen LogP contribution in [0.15, 0.2) is 56.4 Å². The summed E-state index contributed by atoms with van der Waals surface area (Å²) in [4.78, 5) is 12.7. The molecule has 0 aromatic rings. The van der Waals surface area contributed by atoms with Gasteiger partial charge in [-0.15, -0.1) is 0 Å². The van der Waals surface area contributed by atoms with E-state index in [0.717, 1.165) is 36.0 Å². The van der Waals surface area contributed by atoms with Gasteiger partial charge in [-0.1, -0.05) is 30.5 Å². The normalized spacial score (nSPS) is 21.8. The number of rotatable bonds is 7. The van der Waals surface area contributed by atoms with Gasteiger partial charge in [0.05, 0.1) is 12.3 Å². The van der Waals surface area contributed by atoms with Crippen LogP contribution in [0, 0.1) is 5.92 Å². The Morgan fingerprint density at radius 2 is 2.25 bits per heavy atom. The summed E-state index contributed by atoms with van der Waals surface area (Å²) in [5, 5.41) is 5.37. The second-order valence-corrected chi connectivity index (χ2v) is 6.92. The van der Waals surface area contributed by atoms with Crippen molar-refractivity contribution >= 4 is 23.3 Å². The largest absolute Gasteiger partial charge is 0.329 e. The predicted octanol–water partition coefficient (Wildman–Crippen LogP) is 3.62. The Kier molecular flexibility index (Phi) is 7.06. The molecule has 0 bridgehead atoms. The van der Waals surface area contributed by atoms with Gasteiger partial charge in [-0.2, -0.15) is 0 Å². The highest BCUT2D eigenvalue weighted by Gasteiger charge is 2.35. The molecule has 2 heterocycles. The lowest BCUT2D eigenvalue weighted by Crippen LogP contribution is -2.34. The highest BCUT2D eigenvalue weighted by molar-refractivity contribution is 8.06. The highest BCUT2D eigenvalue weighted by Crippen LogP contribution is 2.35. The highest BCUT2D eigenvalue weighted by atomic mass is 32.2. The van der Waals surface area contributed by atoms with Gasteiger partial charge < -0.3 is 10.2 Å². The molecule has 1 atom stereocenters. The van der Waals surface area contributed by atoms with Crippen molar-refractivity contribution in [1.29, 1.82) is 0 Å². The molecule has 0 amide bonds. The first-order chi connectivity index (χ1) is 11.7. The number of amidine groups is 1. The van der Waals surface area contributed by atoms with Crippen LogP contribution in [0.1, 0.15) is 20.3 Å². The topological polar surface area (TPSA) is 40.0 Å². The van der Waals surface area contributed by atoms with Crippen molar-refractivity contribution in [1.82, 2.24) is 10.2 Å². The fraction of sp³-hybridized carbons (Fsp3) is 0.474. The first kappa shape index (κ1) is 18.7. The molecular weight excluding hydrogens is 316 g/mol. The Hall–Kier alpha value is -1.59. The summed E-state index contributed by atoms with van der Waals surface area (Å²) in [5.74, 6) is 1.61. The molecule has 130 valence electrons. The molecule has 1 saturated heterocycles. The number of hydrogen-bond acceptors (Lipinski definition) is 5. The van der Waals surface area contributed by atoms with Crippen LogP contribution in [0.5, 0.6) is 0 Å². The fourth-order valence-electron chi connectivity index (χ4n) is 3.21. The van der Waals surface area contributed by atoms with Crippen LogP contribution in [-0.4, -0.2) is 50.2 Å². The number of nitrogens with zero attached hydrogens (tertiary/aromatic N) is 3. The number of hydrogen-bond donors (Lipinski definition) is 1. The van der Waals surface area contributed by atoms with Crippen LogP contribution in [0.4, 0.5) is 0 Å². The maximum absolute atomic E-state index is 4.85. The third-order valence-electron chi connectivity index (χ3n) is 4.20. The van der Waals surface area contributed by atoms with Crippen LogP contribution in [-0.2, 0) is 0 Å². The number of thioether (sulfide) groups is 1. The van der Waals surface area contributed by atoms with E-state index < -0.39 is 0 Å². The molecule has 24 heavy (non-hydrogen) atoms. The number of nitrogens with one attached hydrogen (secondary N) is 1. The van der Waals surface area contributed by atoms with Crippen molar-refractivity contribution < 1.29 is 0 Å². The Labute approximate surface area is 150 Å². The molecule has 1 fully saturated rings. The summed E-state index contributed by atoms with van der Waals surface area (Å²) >= 11 is 1.64. The van der Waals surface area contributed by atoms with Gasteiger partial charge in [0.25, 0.3) is 0 Å². The lowest BCUT2D eigenvalue weighted by Gasteiger charge is -2.29. The maximum atomic E-state index is 4.85. The van der Waals surface area contributed by atoms with Crippen molar-refractivity contribution in [3.63, 3.8) is 0 Å². The van der Waals surface area contributed by atoms with Crippen LogP contribution in [0.25, 0.3) is 0 Å². The standard InChI is InChI=1S/C19H28N4S/c1-6-8-17(21-5)16-12-22-19(14(3)24-9-7-2)23-13-15(11-20-4)10-18(16)23/h6-9,15,20H,3,10-13H2,1-2,4-5H3/b8-6-,9-7-,21-17+. The van der Waals surface area contributed by atoms with Crippen molar-refractivity contribution in [2.24, 2.45) is 15.9 Å². The number of fused-ring (bicyclic) bond motifs is 1. The molecule has 1 N–H and O–H groups in total. The quantitative estimate of drug-likeness (QED) is 0.717. The first-order valence-corrected chi connectivity index (χ1v) is 9.29. The van der Waals surface area contributed by atoms with Crippen molar-refractivity contribution in [2.45, 2.75) is 20.3 Å². The molecule has 4 nitrogen and oxygen atoms in total. The van der Waals surface area contributed by atoms with Crippen LogP contribution >= 0.6 is 11.8 Å². The molecule has 0 aromatic heterocycles. The van der Waals surface area contributed by atoms with Gasteiger partial charge >= 0.3 is 0 Å². The zero-order chi connectivity index (χ0) is 17.5. The number of aliphatic imine (C=N–C) groups is 2. The summed E-state index contributed by atoms with van der Waals surface area (Å²) in [7, 11) is 3.87. The lowest BCUT2D eigenvalue weighted by molar-refractivity contribution is 0.480. The Bertz CT molecular complexity index is 625. The number of allylic oxidation sites excluding steroid dienone is 4. The predicted molar refractivity (Wildman–Crippen MR) is 108 cm³/mol. The van der Waals surface area contributed by atoms with E-state index in [9.17, 15) is 0 Å². The van der Waals surface area contributed by atoms with Gasteiger partial charge in [-0.05, 0) is 51.3 Å². The third-order valence-corrected chi connectivity index (χ3v) is 5.08. The Morgan fingerprint density at radius 1 is 1.46 bits per heavy atom. The van der Waals surface area contributed by atoms with Gasteiger partial charge in [0.2, 0.25) is 0 Å². The van der Waals surface area contributed by atoms with Gasteiger partial charge in [-0.25, -0.2) is 0 Å². The Balaban J connectivity index is 2.35. The van der Waals surface area contributed by atoms with E-state index in [-0.39, 0.29) is 0 Å². The molecular formula is C19H28N4S. The van der Waals surface area contributed by atoms with E-state index >= 15 is 0 Å². The molecule has 0 aliphatic carbocycles. The maximum Gasteiger partial charge on any atom is 0.141 e. The van der Waals surface area contributed by atoms with Gasteiger partial charge in [-0.3, -0.25) is 9.98 Å². The van der Waals surface area contributed by atoms with Crippen molar-refractivity contribution in [2.75, 3.05) is 33.7 Å². The van der Waals surface area contributed by atoms with Gasteiger partial charge in [0.15, 0.2) is 0 Å². The minimum Gasteiger partial charge on any atom is -0.329 e. The molecule has 2 rings (SSSR count). The van der Waals surface area contributed by atoms with E-state index in [1.165, 1.54) is 11.3 Å². The molecule has 0 radical (unpaired) electrons. The molecule has 1 unspecified atom stereocenters. The first-order valence-electron chi connectivity index (χ1n) is 8.41. The second kappa shape index (κ2) is 9.04. The molecule has 2 aliphatic heterocycles. The molecule has 2 aliphatic rings. The summed E-state index contributed by atoms with van der Waals surface area (Å²) in [5.41, 5.74) is 3.65. The summed E-state index contributed by atoms with van der Waals surface area (Å²) < 4.78 is 0. The molecule has 0 spiro atoms. The molecule has 0 aromatic carbocycles. The van der Waals surface area contributed by atoms with E-state index in [1.807, 2.05) is 40.1 Å². The van der Waals surface area contributed by atoms with Gasteiger partial charge in [0, 0.05) is 29.8 Å². The summed E-state index contributed by atoms with van der Waals surface area (Å²) in [6, 6.07) is 0. The second-order valence-electron chi connectivity index (χ2n) is 5.92. The Morgan fingerprint density at radius 3 is 2.88 bits per heavy atom. The minimum atomic E-state index is 0.589. The SMILES string of the molecule is C=C(S/C=C\C)C1=NCC(C(/C=C\C)=N/C)=C2CC(CNC)CN12. The molecule has 0 saturated carbocycles. The monoisotopic (exact) mass is 344 g/mol. The van der Waals surface area contributed by atoms with E-state index in [2.05, 4.69) is 33.3 Å². The van der Waals surface area contributed by atoms with Crippen molar-refractivity contribution in [3.8, 4) is 0 Å². The van der Waals surface area contributed by atoms with Gasteiger partial charge in [0.1, 0.15) is 5.84 Å². The van der Waals surface area contributed by atoms with E-state index in [4.69, 9.17) is 4.99 Å². The zero-order valence-corrected chi connectivity index (χ0v) is 16.0. The summed E-state index contributed by atoms with van der Waals surface area (Å²) in [6.07, 6.45) is 7.21. The van der Waals surface area contributed by atoms with E-state index in [1.54, 1.807) is 11.8 Å². The summed E-state index contributed by atoms with van der Waals surface area (Å²) in [6.45, 7) is 11.0. The van der Waals surface area contributed by atoms with Crippen LogP contribution in [0.2, 0.25) is 0 Å². The molecule has 5 heteroatoms. The van der Waals surface area contributed by atoms with Crippen LogP contribution < -0.4 is 5.32 Å². The van der Waals surface area contributed by atoms with Crippen LogP contribution in [0.3, 0.4) is 0 Å². The zero-order valence-electron chi connectivity index (χ0n) is 15.2.